The summed E-state index contributed by atoms with van der Waals surface area (Å²) in [7, 11) is 0. The highest BCUT2D eigenvalue weighted by atomic mass is 15.1. The lowest BCUT2D eigenvalue weighted by Gasteiger charge is -2.41. The van der Waals surface area contributed by atoms with E-state index in [4.69, 9.17) is 0 Å². The molecule has 0 saturated heterocycles. The van der Waals surface area contributed by atoms with Gasteiger partial charge in [0.15, 0.2) is 11.4 Å². The van der Waals surface area contributed by atoms with Gasteiger partial charge in [-0.3, -0.25) is 0 Å². The second-order valence-electron chi connectivity index (χ2n) is 10.0. The number of benzene rings is 1. The summed E-state index contributed by atoms with van der Waals surface area (Å²) in [4.78, 5) is 0. The van der Waals surface area contributed by atoms with Gasteiger partial charge in [-0.15, -0.1) is 0 Å². The molecule has 2 aliphatic rings. The normalized spacial score (nSPS) is 17.4. The predicted octanol–water partition coefficient (Wildman–Crippen LogP) is 5.12. The van der Waals surface area contributed by atoms with Crippen LogP contribution in [0.3, 0.4) is 0 Å². The van der Waals surface area contributed by atoms with Crippen molar-refractivity contribution in [1.29, 1.82) is 0 Å². The number of rotatable bonds is 6. The third kappa shape index (κ3) is 3.48. The number of hydrogen-bond donors (Lipinski definition) is 2. The fourth-order valence-electron chi connectivity index (χ4n) is 6.22. The summed E-state index contributed by atoms with van der Waals surface area (Å²) < 4.78 is 4.92. The lowest BCUT2D eigenvalue weighted by molar-refractivity contribution is -0.554. The monoisotopic (exact) mass is 450 g/mol. The second kappa shape index (κ2) is 8.83. The second-order valence-corrected chi connectivity index (χ2v) is 10.0. The lowest BCUT2D eigenvalue weighted by atomic mass is 9.40. The van der Waals surface area contributed by atoms with E-state index >= 15 is 0 Å². The molecule has 0 aliphatic carbocycles. The Balaban J connectivity index is 1.67. The Kier molecular flexibility index (Phi) is 5.85. The third-order valence-electron chi connectivity index (χ3n) is 8.55. The molecule has 0 amide bonds. The summed E-state index contributed by atoms with van der Waals surface area (Å²) in [6.45, 7) is 9.20. The van der Waals surface area contributed by atoms with Gasteiger partial charge in [-0.1, -0.05) is 89.4 Å². The molecule has 4 heterocycles. The van der Waals surface area contributed by atoms with Gasteiger partial charge < -0.3 is 19.4 Å². The molecule has 0 saturated carbocycles. The van der Waals surface area contributed by atoms with Gasteiger partial charge in [-0.05, 0) is 12.1 Å². The highest BCUT2D eigenvalue weighted by molar-refractivity contribution is 6.71. The first-order chi connectivity index (χ1) is 16.6. The molecule has 0 radical (unpaired) electrons. The Morgan fingerprint density at radius 2 is 0.941 bits per heavy atom. The third-order valence-corrected chi connectivity index (χ3v) is 8.55. The van der Waals surface area contributed by atoms with Crippen molar-refractivity contribution in [1.82, 2.24) is 10.5 Å². The molecule has 0 unspecified atom stereocenters. The van der Waals surface area contributed by atoms with Crippen LogP contribution in [0, 0.1) is 0 Å². The first-order valence-corrected chi connectivity index (χ1v) is 13.1. The maximum Gasteiger partial charge on any atom is 0.371 e. The van der Waals surface area contributed by atoms with Gasteiger partial charge in [0.05, 0.1) is 0 Å². The Morgan fingerprint density at radius 3 is 1.32 bits per heavy atom. The molecule has 3 aromatic rings. The topological polar surface area (TPSA) is 31.8 Å². The molecule has 6 heteroatoms. The Labute approximate surface area is 204 Å². The highest BCUT2D eigenvalue weighted by Crippen LogP contribution is 2.31. The van der Waals surface area contributed by atoms with E-state index in [1.165, 1.54) is 33.9 Å². The van der Waals surface area contributed by atoms with Crippen molar-refractivity contribution in [2.75, 3.05) is 0 Å². The number of fused-ring (bicyclic) bond motifs is 2. The molecule has 5 rings (SSSR count). The van der Waals surface area contributed by atoms with Gasteiger partial charge >= 0.3 is 12.8 Å². The van der Waals surface area contributed by atoms with Gasteiger partial charge in [-0.2, -0.15) is 0 Å². The molecular formula is C28H36B2N4. The van der Waals surface area contributed by atoms with Crippen LogP contribution in [0.1, 0.15) is 50.2 Å². The fourth-order valence-corrected chi connectivity index (χ4v) is 6.22. The molecule has 174 valence electrons. The van der Waals surface area contributed by atoms with Gasteiger partial charge in [-0.25, -0.2) is 0 Å². The maximum atomic E-state index is 4.02. The first kappa shape index (κ1) is 22.5. The van der Waals surface area contributed by atoms with Crippen LogP contribution < -0.4 is 19.4 Å². The van der Waals surface area contributed by atoms with Crippen LogP contribution in [-0.2, 0) is 0 Å². The molecular weight excluding hydrogens is 414 g/mol. The van der Waals surface area contributed by atoms with E-state index in [1.54, 1.807) is 0 Å². The molecule has 0 fully saturated rings. The minimum Gasteiger partial charge on any atom is -0.498 e. The van der Waals surface area contributed by atoms with E-state index in [0.717, 1.165) is 25.3 Å². The average Bonchev–Trinajstić information content (AvgIpc) is 2.91. The minimum atomic E-state index is -0.934. The number of pyridine rings is 2. The number of hydrogen-bond acceptors (Lipinski definition) is 2. The molecule has 1 aromatic carbocycles. The molecule has 0 bridgehead atoms. The van der Waals surface area contributed by atoms with Crippen LogP contribution >= 0.6 is 0 Å². The summed E-state index contributed by atoms with van der Waals surface area (Å²) >= 11 is 0. The van der Waals surface area contributed by atoms with E-state index in [-0.39, 0.29) is 0 Å². The summed E-state index contributed by atoms with van der Waals surface area (Å²) in [6.07, 6.45) is 11.5. The van der Waals surface area contributed by atoms with Crippen molar-refractivity contribution < 1.29 is 8.96 Å². The van der Waals surface area contributed by atoms with E-state index in [0.29, 0.717) is 0 Å². The van der Waals surface area contributed by atoms with Crippen LogP contribution in [0.4, 0.5) is 0 Å². The zero-order chi connectivity index (χ0) is 23.8. The Hall–Kier alpha value is -3.27. The van der Waals surface area contributed by atoms with Crippen LogP contribution in [0.25, 0.3) is 23.5 Å². The molecule has 0 atom stereocenters. The van der Waals surface area contributed by atoms with E-state index in [2.05, 4.69) is 132 Å². The lowest BCUT2D eigenvalue weighted by Crippen LogP contribution is -2.74. The van der Waals surface area contributed by atoms with Crippen molar-refractivity contribution in [2.24, 2.45) is 0 Å². The molecule has 2 aliphatic heterocycles. The maximum absolute atomic E-state index is 4.02. The summed E-state index contributed by atoms with van der Waals surface area (Å²) in [5.41, 5.74) is 7.47. The van der Waals surface area contributed by atoms with Crippen molar-refractivity contribution in [3.8, 4) is 0 Å². The number of nitrogens with zero attached hydrogens (tertiary/aromatic N) is 2. The van der Waals surface area contributed by atoms with Crippen molar-refractivity contribution in [3.63, 3.8) is 0 Å². The zero-order valence-corrected chi connectivity index (χ0v) is 21.0. The standard InChI is InChI=1S/C28H36B2N4/c1-5-29(6-2)31-27(21-23-15-11-13-19-33(23)29)25-17-9-10-18-26(25)28-22-24-16-12-14-20-34(24)30(7-3,8-4)32-28/h9-22,31-32H,5-8H2,1-4H3. The summed E-state index contributed by atoms with van der Waals surface area (Å²) in [5.74, 6) is 0. The highest BCUT2D eigenvalue weighted by Gasteiger charge is 2.41. The zero-order valence-electron chi connectivity index (χ0n) is 21.0. The number of nitrogens with one attached hydrogen (secondary N) is 2. The van der Waals surface area contributed by atoms with Gasteiger partial charge in [0.25, 0.3) is 0 Å². The average molecular weight is 450 g/mol. The molecule has 0 spiro atoms. The first-order valence-electron chi connectivity index (χ1n) is 13.1. The fraction of sp³-hybridized carbons (Fsp3) is 0.286. The van der Waals surface area contributed by atoms with E-state index in [1.807, 2.05) is 0 Å². The van der Waals surface area contributed by atoms with E-state index < -0.39 is 12.8 Å². The van der Waals surface area contributed by atoms with Crippen molar-refractivity contribution in [3.05, 3.63) is 95.6 Å². The summed E-state index contributed by atoms with van der Waals surface area (Å²) in [6, 6.07) is 21.9. The summed E-state index contributed by atoms with van der Waals surface area (Å²) in [5, 5.41) is 8.04. The van der Waals surface area contributed by atoms with E-state index in [9.17, 15) is 0 Å². The predicted molar refractivity (Wildman–Crippen MR) is 146 cm³/mol. The van der Waals surface area contributed by atoms with Crippen molar-refractivity contribution >= 4 is 36.4 Å². The van der Waals surface area contributed by atoms with Gasteiger partial charge in [0.1, 0.15) is 12.4 Å². The molecule has 34 heavy (non-hydrogen) atoms. The van der Waals surface area contributed by atoms with Crippen molar-refractivity contribution in [2.45, 2.75) is 53.0 Å². The van der Waals surface area contributed by atoms with Crippen LogP contribution in [0.5, 0.6) is 0 Å². The molecule has 2 N–H and O–H groups in total. The quantitative estimate of drug-likeness (QED) is 0.511. The molecule has 4 nitrogen and oxygen atoms in total. The largest absolute Gasteiger partial charge is 0.498 e. The van der Waals surface area contributed by atoms with Crippen LogP contribution in [-0.4, -0.2) is 12.8 Å². The van der Waals surface area contributed by atoms with Crippen LogP contribution in [0.15, 0.2) is 73.1 Å². The molecule has 2 aromatic heterocycles. The van der Waals surface area contributed by atoms with Crippen LogP contribution in [0.2, 0.25) is 25.3 Å². The van der Waals surface area contributed by atoms with Gasteiger partial charge in [0, 0.05) is 46.8 Å². The Morgan fingerprint density at radius 1 is 0.559 bits per heavy atom. The Bertz CT molecular complexity index is 1170. The number of aromatic nitrogens is 2. The van der Waals surface area contributed by atoms with Gasteiger partial charge in [0.2, 0.25) is 0 Å². The minimum absolute atomic E-state index is 0.934. The SMILES string of the molecule is CC[B-]1(CC)NC(c2ccccc2C2=Cc3cccc[n+]3[B-](CC)(CC)N2)=Cc2cccc[n+]21. The smallest absolute Gasteiger partial charge is 0.371 e.